The minimum atomic E-state index is 0.228. The molecular formula is C6H7O. The Hall–Kier alpha value is -0.590. The number of hydrogen-bond donors (Lipinski definition) is 0. The van der Waals surface area contributed by atoms with Gasteiger partial charge < -0.3 is 0 Å². The molecule has 0 amide bonds. The van der Waals surface area contributed by atoms with Gasteiger partial charge in [0.25, 0.3) is 0 Å². The number of carbonyl (C=O) groups is 1. The van der Waals surface area contributed by atoms with Crippen LogP contribution in [0, 0.1) is 6.42 Å². The van der Waals surface area contributed by atoms with Crippen LogP contribution >= 0.6 is 0 Å². The van der Waals surface area contributed by atoms with E-state index < -0.39 is 0 Å². The van der Waals surface area contributed by atoms with Gasteiger partial charge in [0.05, 0.1) is 0 Å². The summed E-state index contributed by atoms with van der Waals surface area (Å²) in [6.45, 7) is 0. The summed E-state index contributed by atoms with van der Waals surface area (Å²) >= 11 is 0. The number of rotatable bonds is 0. The van der Waals surface area contributed by atoms with E-state index in [0.717, 1.165) is 6.42 Å². The molecule has 0 aromatic heterocycles. The van der Waals surface area contributed by atoms with Gasteiger partial charge in [0.15, 0.2) is 5.78 Å². The van der Waals surface area contributed by atoms with Gasteiger partial charge in [-0.05, 0) is 18.9 Å². The minimum absolute atomic E-state index is 0.228. The van der Waals surface area contributed by atoms with Crippen LogP contribution < -0.4 is 0 Å². The van der Waals surface area contributed by atoms with Gasteiger partial charge in [-0.2, -0.15) is 0 Å². The van der Waals surface area contributed by atoms with Gasteiger partial charge in [-0.25, -0.2) is 0 Å². The lowest BCUT2D eigenvalue weighted by Crippen LogP contribution is -1.96. The first-order chi connectivity index (χ1) is 3.39. The van der Waals surface area contributed by atoms with Gasteiger partial charge in [0.1, 0.15) is 0 Å². The summed E-state index contributed by atoms with van der Waals surface area (Å²) < 4.78 is 0. The van der Waals surface area contributed by atoms with Crippen molar-refractivity contribution in [2.24, 2.45) is 0 Å². The van der Waals surface area contributed by atoms with Crippen molar-refractivity contribution in [3.8, 4) is 0 Å². The van der Waals surface area contributed by atoms with Gasteiger partial charge in [-0.15, -0.1) is 0 Å². The van der Waals surface area contributed by atoms with Crippen LogP contribution in [0.3, 0.4) is 0 Å². The maximum absolute atomic E-state index is 10.3. The van der Waals surface area contributed by atoms with E-state index in [1.54, 1.807) is 6.08 Å². The van der Waals surface area contributed by atoms with Crippen molar-refractivity contribution in [2.45, 2.75) is 12.8 Å². The Morgan fingerprint density at radius 1 is 1.57 bits per heavy atom. The molecule has 0 spiro atoms. The van der Waals surface area contributed by atoms with Crippen molar-refractivity contribution in [3.63, 3.8) is 0 Å². The average Bonchev–Trinajstić information content (AvgIpc) is 1.69. The van der Waals surface area contributed by atoms with Crippen LogP contribution in [-0.4, -0.2) is 5.78 Å². The number of hydrogen-bond acceptors (Lipinski definition) is 1. The first kappa shape index (κ1) is 4.57. The zero-order valence-corrected chi connectivity index (χ0v) is 4.05. The van der Waals surface area contributed by atoms with Crippen molar-refractivity contribution < 1.29 is 4.79 Å². The van der Waals surface area contributed by atoms with Crippen LogP contribution in [0.4, 0.5) is 0 Å². The molecule has 1 nitrogen and oxygen atoms in total. The Balaban J connectivity index is 2.51. The first-order valence-electron chi connectivity index (χ1n) is 2.40. The lowest BCUT2D eigenvalue weighted by atomic mass is 10.1. The summed E-state index contributed by atoms with van der Waals surface area (Å²) in [5, 5.41) is 0. The highest BCUT2D eigenvalue weighted by Crippen LogP contribution is 2.02. The van der Waals surface area contributed by atoms with Crippen LogP contribution in [0.5, 0.6) is 0 Å². The second-order valence-electron chi connectivity index (χ2n) is 1.60. The van der Waals surface area contributed by atoms with Crippen LogP contribution in [-0.2, 0) is 4.79 Å². The molecule has 1 radical (unpaired) electrons. The Kier molecular flexibility index (Phi) is 1.25. The maximum Gasteiger partial charge on any atom is 0.155 e. The van der Waals surface area contributed by atoms with Crippen LogP contribution in [0.2, 0.25) is 0 Å². The van der Waals surface area contributed by atoms with E-state index in [9.17, 15) is 4.79 Å². The second-order valence-corrected chi connectivity index (χ2v) is 1.60. The molecule has 0 saturated heterocycles. The molecule has 0 unspecified atom stereocenters. The molecule has 0 N–H and O–H groups in total. The standard InChI is InChI=1S/C6H7O/c7-6-4-2-1-3-5-6/h2-4H,1,5H2. The van der Waals surface area contributed by atoms with Crippen molar-refractivity contribution >= 4 is 5.78 Å². The number of carbonyl (C=O) groups excluding carboxylic acids is 1. The molecule has 0 aromatic rings. The molecule has 0 saturated carbocycles. The van der Waals surface area contributed by atoms with Crippen LogP contribution in [0.15, 0.2) is 12.2 Å². The Bertz CT molecular complexity index is 103. The summed E-state index contributed by atoms with van der Waals surface area (Å²) in [6.07, 6.45) is 7.09. The van der Waals surface area contributed by atoms with Crippen molar-refractivity contribution in [1.82, 2.24) is 0 Å². The molecule has 0 heterocycles. The fraction of sp³-hybridized carbons (Fsp3) is 0.333. The molecule has 1 heteroatoms. The predicted octanol–water partition coefficient (Wildman–Crippen LogP) is 1.11. The Morgan fingerprint density at radius 2 is 2.43 bits per heavy atom. The van der Waals surface area contributed by atoms with Gasteiger partial charge in [0, 0.05) is 6.42 Å². The van der Waals surface area contributed by atoms with Gasteiger partial charge >= 0.3 is 0 Å². The van der Waals surface area contributed by atoms with E-state index in [2.05, 4.69) is 0 Å². The average molecular weight is 95.1 g/mol. The van der Waals surface area contributed by atoms with E-state index in [1.807, 2.05) is 12.5 Å². The highest BCUT2D eigenvalue weighted by Gasteiger charge is 1.98. The minimum Gasteiger partial charge on any atom is -0.295 e. The third-order valence-corrected chi connectivity index (χ3v) is 0.952. The van der Waals surface area contributed by atoms with E-state index in [-0.39, 0.29) is 5.78 Å². The van der Waals surface area contributed by atoms with Gasteiger partial charge in [0.2, 0.25) is 0 Å². The summed E-state index contributed by atoms with van der Waals surface area (Å²) in [5.41, 5.74) is 0. The van der Waals surface area contributed by atoms with E-state index in [1.165, 1.54) is 0 Å². The summed E-state index contributed by atoms with van der Waals surface area (Å²) in [7, 11) is 0. The van der Waals surface area contributed by atoms with Crippen LogP contribution in [0.25, 0.3) is 0 Å². The molecule has 0 bridgehead atoms. The van der Waals surface area contributed by atoms with Gasteiger partial charge in [-0.3, -0.25) is 4.79 Å². The van der Waals surface area contributed by atoms with E-state index in [0.29, 0.717) is 6.42 Å². The van der Waals surface area contributed by atoms with Crippen LogP contribution in [0.1, 0.15) is 12.8 Å². The highest BCUT2D eigenvalue weighted by molar-refractivity contribution is 5.91. The molecule has 1 rings (SSSR count). The summed E-state index contributed by atoms with van der Waals surface area (Å²) in [4.78, 5) is 10.3. The number of ketones is 1. The Morgan fingerprint density at radius 3 is 2.71 bits per heavy atom. The fourth-order valence-corrected chi connectivity index (χ4v) is 0.589. The highest BCUT2D eigenvalue weighted by atomic mass is 16.1. The molecule has 7 heavy (non-hydrogen) atoms. The lowest BCUT2D eigenvalue weighted by Gasteiger charge is -1.96. The SMILES string of the molecule is O=C1C=CC[CH]C1. The molecule has 0 aliphatic heterocycles. The third-order valence-electron chi connectivity index (χ3n) is 0.952. The maximum atomic E-state index is 10.3. The molecule has 1 aliphatic rings. The van der Waals surface area contributed by atoms with E-state index in [4.69, 9.17) is 0 Å². The molecule has 37 valence electrons. The Labute approximate surface area is 43.0 Å². The largest absolute Gasteiger partial charge is 0.295 e. The van der Waals surface area contributed by atoms with E-state index >= 15 is 0 Å². The fourth-order valence-electron chi connectivity index (χ4n) is 0.589. The number of allylic oxidation sites excluding steroid dienone is 2. The second kappa shape index (κ2) is 1.92. The predicted molar refractivity (Wildman–Crippen MR) is 27.7 cm³/mol. The molecular weight excluding hydrogens is 88.1 g/mol. The quantitative estimate of drug-likeness (QED) is 0.440. The lowest BCUT2D eigenvalue weighted by molar-refractivity contribution is -0.114. The summed E-state index contributed by atoms with van der Waals surface area (Å²) in [5.74, 6) is 0.228. The summed E-state index contributed by atoms with van der Waals surface area (Å²) in [6, 6.07) is 0. The molecule has 0 fully saturated rings. The van der Waals surface area contributed by atoms with Crippen molar-refractivity contribution in [2.75, 3.05) is 0 Å². The zero-order chi connectivity index (χ0) is 5.11. The van der Waals surface area contributed by atoms with Gasteiger partial charge in [-0.1, -0.05) is 6.08 Å². The third kappa shape index (κ3) is 1.15. The molecule has 1 aliphatic carbocycles. The zero-order valence-electron chi connectivity index (χ0n) is 4.05. The smallest absolute Gasteiger partial charge is 0.155 e. The molecule has 0 aromatic carbocycles. The van der Waals surface area contributed by atoms with Crippen molar-refractivity contribution in [1.29, 1.82) is 0 Å². The monoisotopic (exact) mass is 95.0 g/mol. The normalized spacial score (nSPS) is 20.3. The van der Waals surface area contributed by atoms with Crippen molar-refractivity contribution in [3.05, 3.63) is 18.6 Å². The molecule has 0 atom stereocenters. The topological polar surface area (TPSA) is 17.1 Å². The first-order valence-corrected chi connectivity index (χ1v) is 2.40.